The highest BCUT2D eigenvalue weighted by atomic mass is 32.2. The second-order valence-corrected chi connectivity index (χ2v) is 12.3. The lowest BCUT2D eigenvalue weighted by atomic mass is 10.0. The van der Waals surface area contributed by atoms with Gasteiger partial charge >= 0.3 is 0 Å². The van der Waals surface area contributed by atoms with E-state index in [0.717, 1.165) is 18.1 Å². The molecule has 1 N–H and O–H groups in total. The molecule has 1 rings (SSSR count). The first-order valence-electron chi connectivity index (χ1n) is 13.1. The molecule has 0 aromatic carbocycles. The number of hydrogen-bond donors (Lipinski definition) is 1. The Labute approximate surface area is 199 Å². The van der Waals surface area contributed by atoms with E-state index < -0.39 is 9.84 Å². The summed E-state index contributed by atoms with van der Waals surface area (Å²) in [4.78, 5) is 2.10. The number of rotatable bonds is 19. The van der Waals surface area contributed by atoms with Gasteiger partial charge in [-0.2, -0.15) is 0 Å². The van der Waals surface area contributed by atoms with Crippen LogP contribution in [0.1, 0.15) is 116 Å². The fraction of sp³-hybridized carbons (Fsp3) is 0.960. The fourth-order valence-electron chi connectivity index (χ4n) is 4.40. The monoisotopic (exact) mass is 474 g/mol. The van der Waals surface area contributed by atoms with Crippen molar-refractivity contribution in [1.82, 2.24) is 10.2 Å². The first-order chi connectivity index (χ1) is 14.9. The van der Waals surface area contributed by atoms with Crippen LogP contribution in [-0.4, -0.2) is 50.1 Å². The Morgan fingerprint density at radius 3 is 1.71 bits per heavy atom. The van der Waals surface area contributed by atoms with Crippen molar-refractivity contribution in [3.8, 4) is 0 Å². The van der Waals surface area contributed by atoms with Gasteiger partial charge < -0.3 is 10.2 Å². The van der Waals surface area contributed by atoms with Crippen molar-refractivity contribution in [2.45, 2.75) is 116 Å². The average Bonchev–Trinajstić information content (AvgIpc) is 3.10. The number of unbranched alkanes of at least 4 members (excludes halogenated alkanes) is 15. The molecule has 1 atom stereocenters. The van der Waals surface area contributed by atoms with Gasteiger partial charge in [0, 0.05) is 20.1 Å². The number of thiocarbonyl (C=S) groups is 1. The molecular weight excluding hydrogens is 424 g/mol. The molecule has 1 saturated heterocycles. The van der Waals surface area contributed by atoms with Crippen LogP contribution in [0, 0.1) is 5.92 Å². The summed E-state index contributed by atoms with van der Waals surface area (Å²) in [5.41, 5.74) is 0. The summed E-state index contributed by atoms with van der Waals surface area (Å²) in [6.45, 7) is 3.94. The van der Waals surface area contributed by atoms with Gasteiger partial charge in [0.2, 0.25) is 0 Å². The highest BCUT2D eigenvalue weighted by Crippen LogP contribution is 2.17. The number of hydrogen-bond acceptors (Lipinski definition) is 3. The Hall–Kier alpha value is -0.360. The molecule has 1 aliphatic rings. The van der Waals surface area contributed by atoms with Crippen molar-refractivity contribution in [2.75, 3.05) is 31.6 Å². The Bertz CT molecular complexity index is 552. The quantitative estimate of drug-likeness (QED) is 0.171. The summed E-state index contributed by atoms with van der Waals surface area (Å²) in [7, 11) is -0.765. The molecule has 0 radical (unpaired) electrons. The minimum Gasteiger partial charge on any atom is -0.362 e. The fourth-order valence-corrected chi connectivity index (χ4v) is 6.43. The predicted octanol–water partition coefficient (Wildman–Crippen LogP) is 6.49. The molecule has 1 aliphatic heterocycles. The Morgan fingerprint density at radius 2 is 1.29 bits per heavy atom. The highest BCUT2D eigenvalue weighted by Gasteiger charge is 2.27. The van der Waals surface area contributed by atoms with Gasteiger partial charge in [0.15, 0.2) is 14.9 Å². The highest BCUT2D eigenvalue weighted by molar-refractivity contribution is 7.91. The van der Waals surface area contributed by atoms with Crippen molar-refractivity contribution in [3.63, 3.8) is 0 Å². The number of sulfone groups is 1. The van der Waals surface area contributed by atoms with Gasteiger partial charge in [-0.25, -0.2) is 8.42 Å². The first-order valence-corrected chi connectivity index (χ1v) is 15.4. The van der Waals surface area contributed by atoms with Crippen molar-refractivity contribution in [3.05, 3.63) is 0 Å². The molecular formula is C25H50N2O2S2. The maximum atomic E-state index is 11.5. The van der Waals surface area contributed by atoms with Gasteiger partial charge in [0.25, 0.3) is 0 Å². The van der Waals surface area contributed by atoms with E-state index in [-0.39, 0.29) is 5.92 Å². The van der Waals surface area contributed by atoms with Gasteiger partial charge in [-0.3, -0.25) is 0 Å². The van der Waals surface area contributed by atoms with Gasteiger partial charge in [-0.1, -0.05) is 103 Å². The van der Waals surface area contributed by atoms with Gasteiger partial charge in [-0.05, 0) is 31.0 Å². The molecule has 1 heterocycles. The van der Waals surface area contributed by atoms with Crippen LogP contribution in [0.2, 0.25) is 0 Å². The van der Waals surface area contributed by atoms with Crippen LogP contribution in [0.25, 0.3) is 0 Å². The zero-order valence-corrected chi connectivity index (χ0v) is 22.1. The minimum atomic E-state index is -2.80. The molecule has 31 heavy (non-hydrogen) atoms. The molecule has 184 valence electrons. The van der Waals surface area contributed by atoms with Crippen molar-refractivity contribution >= 4 is 27.2 Å². The molecule has 0 amide bonds. The Balaban J connectivity index is 1.82. The zero-order chi connectivity index (χ0) is 22.8. The van der Waals surface area contributed by atoms with Crippen LogP contribution in [0.5, 0.6) is 0 Å². The predicted molar refractivity (Wildman–Crippen MR) is 140 cm³/mol. The van der Waals surface area contributed by atoms with Crippen LogP contribution >= 0.6 is 12.2 Å². The first kappa shape index (κ1) is 28.7. The van der Waals surface area contributed by atoms with Gasteiger partial charge in [0.1, 0.15) is 0 Å². The van der Waals surface area contributed by atoms with Crippen LogP contribution < -0.4 is 5.32 Å². The Morgan fingerprint density at radius 1 is 0.839 bits per heavy atom. The van der Waals surface area contributed by atoms with E-state index in [0.29, 0.717) is 18.1 Å². The molecule has 6 heteroatoms. The van der Waals surface area contributed by atoms with Crippen LogP contribution in [0.15, 0.2) is 0 Å². The summed E-state index contributed by atoms with van der Waals surface area (Å²) in [5, 5.41) is 4.01. The van der Waals surface area contributed by atoms with E-state index >= 15 is 0 Å². The third kappa shape index (κ3) is 16.0. The van der Waals surface area contributed by atoms with Crippen molar-refractivity contribution < 1.29 is 8.42 Å². The summed E-state index contributed by atoms with van der Waals surface area (Å²) in [6, 6.07) is 0. The molecule has 0 spiro atoms. The molecule has 0 aromatic rings. The van der Waals surface area contributed by atoms with Crippen LogP contribution in [-0.2, 0) is 9.84 Å². The normalized spacial score (nSPS) is 17.7. The summed E-state index contributed by atoms with van der Waals surface area (Å²) < 4.78 is 23.0. The molecule has 1 fully saturated rings. The van der Waals surface area contributed by atoms with E-state index in [1.54, 1.807) is 0 Å². The molecule has 4 nitrogen and oxygen atoms in total. The van der Waals surface area contributed by atoms with Gasteiger partial charge in [-0.15, -0.1) is 0 Å². The molecule has 0 aliphatic carbocycles. The molecule has 0 saturated carbocycles. The SMILES string of the molecule is CCCCCCCCCCCCCCCCCCN(C)C(=S)NCC1CCS(=O)(=O)C1. The smallest absolute Gasteiger partial charge is 0.168 e. The molecule has 0 aromatic heterocycles. The lowest BCUT2D eigenvalue weighted by Gasteiger charge is -2.22. The largest absolute Gasteiger partial charge is 0.362 e. The maximum absolute atomic E-state index is 11.5. The summed E-state index contributed by atoms with van der Waals surface area (Å²) in [5.74, 6) is 0.860. The third-order valence-electron chi connectivity index (χ3n) is 6.56. The van der Waals surface area contributed by atoms with Crippen molar-refractivity contribution in [2.24, 2.45) is 5.92 Å². The topological polar surface area (TPSA) is 49.4 Å². The minimum absolute atomic E-state index is 0.215. The van der Waals surface area contributed by atoms with E-state index in [2.05, 4.69) is 17.1 Å². The lowest BCUT2D eigenvalue weighted by molar-refractivity contribution is 0.449. The molecule has 1 unspecified atom stereocenters. The summed E-state index contributed by atoms with van der Waals surface area (Å²) >= 11 is 5.44. The van der Waals surface area contributed by atoms with E-state index in [4.69, 9.17) is 12.2 Å². The van der Waals surface area contributed by atoms with E-state index in [1.807, 2.05) is 7.05 Å². The average molecular weight is 475 g/mol. The third-order valence-corrected chi connectivity index (χ3v) is 8.86. The number of nitrogens with one attached hydrogen (secondary N) is 1. The molecule has 0 bridgehead atoms. The van der Waals surface area contributed by atoms with Crippen LogP contribution in [0.3, 0.4) is 0 Å². The second-order valence-electron chi connectivity index (χ2n) is 9.68. The maximum Gasteiger partial charge on any atom is 0.168 e. The lowest BCUT2D eigenvalue weighted by Crippen LogP contribution is -2.40. The standard InChI is InChI=1S/C25H50N2O2S2/c1-3-4-5-6-7-8-9-10-11-12-13-14-15-16-17-18-20-27(2)25(30)26-22-24-19-21-31(28,29)23-24/h24H,3-23H2,1-2H3,(H,26,30). The van der Waals surface area contributed by atoms with Gasteiger partial charge in [0.05, 0.1) is 11.5 Å². The Kier molecular flexibility index (Phi) is 16.8. The van der Waals surface area contributed by atoms with E-state index in [1.165, 1.54) is 103 Å². The summed E-state index contributed by atoms with van der Waals surface area (Å²) in [6.07, 6.45) is 22.9. The zero-order valence-electron chi connectivity index (χ0n) is 20.5. The van der Waals surface area contributed by atoms with E-state index in [9.17, 15) is 8.42 Å². The number of nitrogens with zero attached hydrogens (tertiary/aromatic N) is 1. The van der Waals surface area contributed by atoms with Crippen LogP contribution in [0.4, 0.5) is 0 Å². The second kappa shape index (κ2) is 18.1. The van der Waals surface area contributed by atoms with Crippen molar-refractivity contribution in [1.29, 1.82) is 0 Å².